The molecule has 0 unspecified atom stereocenters. The van der Waals surface area contributed by atoms with Crippen molar-refractivity contribution in [2.75, 3.05) is 0 Å². The van der Waals surface area contributed by atoms with E-state index in [0.717, 1.165) is 15.7 Å². The van der Waals surface area contributed by atoms with Crippen molar-refractivity contribution in [3.63, 3.8) is 0 Å². The van der Waals surface area contributed by atoms with Crippen molar-refractivity contribution in [3.8, 4) is 10.0 Å². The Balaban J connectivity index is 2.37. The van der Waals surface area contributed by atoms with Gasteiger partial charge in [-0.15, -0.1) is 22.7 Å². The summed E-state index contributed by atoms with van der Waals surface area (Å²) in [5, 5.41) is 14.5. The number of aliphatic carboxylic acids is 1. The van der Waals surface area contributed by atoms with Crippen LogP contribution in [0.4, 0.5) is 0 Å². The molecule has 0 aliphatic heterocycles. The van der Waals surface area contributed by atoms with Crippen LogP contribution in [0.2, 0.25) is 0 Å². The summed E-state index contributed by atoms with van der Waals surface area (Å²) < 4.78 is 0. The van der Waals surface area contributed by atoms with Crippen LogP contribution in [0.5, 0.6) is 0 Å². The summed E-state index contributed by atoms with van der Waals surface area (Å²) in [6.07, 6.45) is 0. The molecular weight excluding hydrogens is 256 g/mol. The van der Waals surface area contributed by atoms with E-state index in [1.807, 2.05) is 12.3 Å². The number of carbonyl (C=O) groups is 1. The Labute approximate surface area is 107 Å². The van der Waals surface area contributed by atoms with E-state index in [1.54, 1.807) is 19.2 Å². The molecule has 0 spiro atoms. The molecule has 0 bridgehead atoms. The van der Waals surface area contributed by atoms with Gasteiger partial charge in [-0.25, -0.2) is 9.97 Å². The summed E-state index contributed by atoms with van der Waals surface area (Å²) >= 11 is 2.96. The molecule has 0 aliphatic rings. The third-order valence-corrected chi connectivity index (χ3v) is 4.43. The Morgan fingerprint density at radius 3 is 2.35 bits per heavy atom. The fourth-order valence-corrected chi connectivity index (χ4v) is 3.06. The van der Waals surface area contributed by atoms with Gasteiger partial charge in [0.15, 0.2) is 10.0 Å². The van der Waals surface area contributed by atoms with Crippen LogP contribution in [0.3, 0.4) is 0 Å². The van der Waals surface area contributed by atoms with Gasteiger partial charge in [-0.1, -0.05) is 0 Å². The number of hydrogen-bond acceptors (Lipinski definition) is 5. The van der Waals surface area contributed by atoms with Gasteiger partial charge >= 0.3 is 5.97 Å². The molecule has 4 nitrogen and oxygen atoms in total. The second-order valence-electron chi connectivity index (χ2n) is 4.26. The molecule has 0 saturated carbocycles. The van der Waals surface area contributed by atoms with Crippen LogP contribution in [0.1, 0.15) is 25.2 Å². The van der Waals surface area contributed by atoms with Crippen LogP contribution in [-0.4, -0.2) is 21.0 Å². The average Bonchev–Trinajstić information content (AvgIpc) is 2.85. The van der Waals surface area contributed by atoms with Crippen LogP contribution in [0.15, 0.2) is 10.8 Å². The molecule has 0 radical (unpaired) electrons. The van der Waals surface area contributed by atoms with Gasteiger partial charge in [0.25, 0.3) is 0 Å². The monoisotopic (exact) mass is 268 g/mol. The van der Waals surface area contributed by atoms with Crippen LogP contribution in [-0.2, 0) is 10.2 Å². The Kier molecular flexibility index (Phi) is 3.01. The van der Waals surface area contributed by atoms with E-state index in [0.29, 0.717) is 5.69 Å². The molecule has 2 heterocycles. The Morgan fingerprint density at radius 1 is 1.24 bits per heavy atom. The number of aromatic nitrogens is 2. The van der Waals surface area contributed by atoms with Gasteiger partial charge in [0.2, 0.25) is 0 Å². The highest BCUT2D eigenvalue weighted by atomic mass is 32.1. The first-order valence-corrected chi connectivity index (χ1v) is 6.79. The summed E-state index contributed by atoms with van der Waals surface area (Å²) in [6, 6.07) is 0. The number of carboxylic acids is 1. The fourth-order valence-electron chi connectivity index (χ4n) is 1.22. The topological polar surface area (TPSA) is 63.1 Å². The Morgan fingerprint density at radius 2 is 1.82 bits per heavy atom. The van der Waals surface area contributed by atoms with E-state index in [4.69, 9.17) is 5.11 Å². The maximum Gasteiger partial charge on any atom is 0.315 e. The van der Waals surface area contributed by atoms with Gasteiger partial charge in [0.1, 0.15) is 5.41 Å². The molecule has 0 fully saturated rings. The van der Waals surface area contributed by atoms with E-state index in [2.05, 4.69) is 9.97 Å². The number of thiazole rings is 2. The zero-order valence-electron chi connectivity index (χ0n) is 9.72. The standard InChI is InChI=1S/C11H12N2O2S2/c1-6-4-16-8(12-6)9-13-7(5-17-9)11(2,3)10(14)15/h4-5H,1-3H3,(H,14,15). The van der Waals surface area contributed by atoms with Crippen molar-refractivity contribution in [2.24, 2.45) is 0 Å². The SMILES string of the molecule is Cc1csc(-c2nc(C(C)(C)C(=O)O)cs2)n1. The summed E-state index contributed by atoms with van der Waals surface area (Å²) in [7, 11) is 0. The van der Waals surface area contributed by atoms with Crippen LogP contribution < -0.4 is 0 Å². The lowest BCUT2D eigenvalue weighted by Gasteiger charge is -2.15. The predicted octanol–water partition coefficient (Wildman–Crippen LogP) is 2.94. The van der Waals surface area contributed by atoms with Gasteiger partial charge in [-0.3, -0.25) is 4.79 Å². The number of nitrogens with zero attached hydrogens (tertiary/aromatic N) is 2. The summed E-state index contributed by atoms with van der Waals surface area (Å²) in [4.78, 5) is 19.8. The highest BCUT2D eigenvalue weighted by molar-refractivity contribution is 7.19. The predicted molar refractivity (Wildman–Crippen MR) is 68.6 cm³/mol. The first-order chi connectivity index (χ1) is 7.91. The van der Waals surface area contributed by atoms with E-state index < -0.39 is 11.4 Å². The zero-order chi connectivity index (χ0) is 12.6. The quantitative estimate of drug-likeness (QED) is 0.929. The number of carboxylic acid groups (broad SMARTS) is 1. The molecule has 6 heteroatoms. The molecule has 2 aromatic rings. The van der Waals surface area contributed by atoms with Gasteiger partial charge in [0, 0.05) is 16.5 Å². The lowest BCUT2D eigenvalue weighted by molar-refractivity contribution is -0.142. The van der Waals surface area contributed by atoms with Crippen molar-refractivity contribution >= 4 is 28.6 Å². The van der Waals surface area contributed by atoms with Crippen molar-refractivity contribution < 1.29 is 9.90 Å². The van der Waals surface area contributed by atoms with Crippen molar-refractivity contribution in [1.82, 2.24) is 9.97 Å². The molecule has 0 aliphatic carbocycles. The molecule has 90 valence electrons. The number of aryl methyl sites for hydroxylation is 1. The van der Waals surface area contributed by atoms with Gasteiger partial charge < -0.3 is 5.11 Å². The van der Waals surface area contributed by atoms with Crippen molar-refractivity contribution in [1.29, 1.82) is 0 Å². The minimum absolute atomic E-state index is 0.581. The first kappa shape index (κ1) is 12.2. The lowest BCUT2D eigenvalue weighted by atomic mass is 9.90. The third kappa shape index (κ3) is 2.23. The van der Waals surface area contributed by atoms with Crippen LogP contribution in [0.25, 0.3) is 10.0 Å². The highest BCUT2D eigenvalue weighted by Gasteiger charge is 2.32. The maximum atomic E-state index is 11.1. The van der Waals surface area contributed by atoms with E-state index in [-0.39, 0.29) is 0 Å². The minimum atomic E-state index is -0.957. The Hall–Kier alpha value is -1.27. The molecule has 17 heavy (non-hydrogen) atoms. The summed E-state index contributed by atoms with van der Waals surface area (Å²) in [6.45, 7) is 5.23. The smallest absolute Gasteiger partial charge is 0.315 e. The maximum absolute atomic E-state index is 11.1. The molecule has 0 amide bonds. The van der Waals surface area contributed by atoms with Gasteiger partial charge in [-0.2, -0.15) is 0 Å². The average molecular weight is 268 g/mol. The van der Waals surface area contributed by atoms with Crippen molar-refractivity contribution in [2.45, 2.75) is 26.2 Å². The van der Waals surface area contributed by atoms with E-state index >= 15 is 0 Å². The van der Waals surface area contributed by atoms with Crippen LogP contribution >= 0.6 is 22.7 Å². The molecule has 2 aromatic heterocycles. The second kappa shape index (κ2) is 4.19. The largest absolute Gasteiger partial charge is 0.481 e. The zero-order valence-corrected chi connectivity index (χ0v) is 11.4. The molecular formula is C11H12N2O2S2. The number of hydrogen-bond donors (Lipinski definition) is 1. The molecule has 0 atom stereocenters. The van der Waals surface area contributed by atoms with Gasteiger partial charge in [0.05, 0.1) is 5.69 Å². The summed E-state index contributed by atoms with van der Waals surface area (Å²) in [5.74, 6) is -0.871. The molecule has 2 rings (SSSR count). The third-order valence-electron chi connectivity index (χ3n) is 2.48. The number of rotatable bonds is 3. The lowest BCUT2D eigenvalue weighted by Crippen LogP contribution is -2.28. The van der Waals surface area contributed by atoms with Gasteiger partial charge in [-0.05, 0) is 20.8 Å². The fraction of sp³-hybridized carbons (Fsp3) is 0.364. The molecule has 0 saturated heterocycles. The van der Waals surface area contributed by atoms with E-state index in [1.165, 1.54) is 22.7 Å². The Bertz CT molecular complexity index is 557. The van der Waals surface area contributed by atoms with Crippen molar-refractivity contribution in [3.05, 3.63) is 22.1 Å². The summed E-state index contributed by atoms with van der Waals surface area (Å²) in [5.41, 5.74) is 0.582. The molecule has 0 aromatic carbocycles. The second-order valence-corrected chi connectivity index (χ2v) is 5.98. The minimum Gasteiger partial charge on any atom is -0.481 e. The van der Waals surface area contributed by atoms with E-state index in [9.17, 15) is 4.79 Å². The highest BCUT2D eigenvalue weighted by Crippen LogP contribution is 2.31. The normalized spacial score (nSPS) is 11.7. The molecule has 1 N–H and O–H groups in total. The van der Waals surface area contributed by atoms with Crippen LogP contribution in [0, 0.1) is 6.92 Å². The first-order valence-electron chi connectivity index (χ1n) is 5.03.